The lowest BCUT2D eigenvalue weighted by Gasteiger charge is -2.30. The number of fused-ring (bicyclic) bond motifs is 2. The summed E-state index contributed by atoms with van der Waals surface area (Å²) in [5.41, 5.74) is 0.643. The Morgan fingerprint density at radius 3 is 2.55 bits per heavy atom. The number of aromatic amines is 1. The third kappa shape index (κ3) is 3.71. The number of alkyl carbamates (subject to hydrolysis) is 1. The van der Waals surface area contributed by atoms with Gasteiger partial charge in [0.1, 0.15) is 5.60 Å². The number of hydrogen-bond acceptors (Lipinski definition) is 5. The van der Waals surface area contributed by atoms with Crippen molar-refractivity contribution in [1.29, 1.82) is 0 Å². The van der Waals surface area contributed by atoms with E-state index in [9.17, 15) is 14.4 Å². The normalized spacial score (nSPS) is 17.7. The van der Waals surface area contributed by atoms with Crippen LogP contribution in [0.4, 0.5) is 15.3 Å². The minimum Gasteiger partial charge on any atom is -0.450 e. The fraction of sp³-hybridized carbons (Fsp3) is 0.320. The molecule has 0 saturated heterocycles. The van der Waals surface area contributed by atoms with Gasteiger partial charge in [-0.15, -0.1) is 0 Å². The Balaban J connectivity index is 1.97. The first-order chi connectivity index (χ1) is 15.6. The van der Waals surface area contributed by atoms with E-state index in [-0.39, 0.29) is 6.61 Å². The van der Waals surface area contributed by atoms with Crippen molar-refractivity contribution < 1.29 is 23.9 Å². The van der Waals surface area contributed by atoms with E-state index in [2.05, 4.69) is 10.3 Å². The molecule has 1 atom stereocenters. The number of hydrogen-bond donors (Lipinski definition) is 2. The van der Waals surface area contributed by atoms with E-state index in [0.717, 1.165) is 21.4 Å². The lowest BCUT2D eigenvalue weighted by molar-refractivity contribution is -0.122. The van der Waals surface area contributed by atoms with Gasteiger partial charge in [-0.3, -0.25) is 10.1 Å². The van der Waals surface area contributed by atoms with E-state index >= 15 is 0 Å². The smallest absolute Gasteiger partial charge is 0.421 e. The van der Waals surface area contributed by atoms with E-state index in [1.807, 2.05) is 25.1 Å². The van der Waals surface area contributed by atoms with Gasteiger partial charge in [-0.1, -0.05) is 30.3 Å². The van der Waals surface area contributed by atoms with Gasteiger partial charge < -0.3 is 14.5 Å². The second-order valence-corrected chi connectivity index (χ2v) is 8.98. The van der Waals surface area contributed by atoms with Gasteiger partial charge in [0.15, 0.2) is 5.54 Å². The predicted molar refractivity (Wildman–Crippen MR) is 124 cm³/mol. The number of nitrogens with one attached hydrogen (secondary N) is 2. The lowest BCUT2D eigenvalue weighted by atomic mass is 9.83. The minimum atomic E-state index is -1.69. The van der Waals surface area contributed by atoms with Crippen LogP contribution in [-0.4, -0.2) is 35.3 Å². The van der Waals surface area contributed by atoms with Crippen molar-refractivity contribution in [2.75, 3.05) is 11.5 Å². The number of amides is 3. The molecule has 172 valence electrons. The monoisotopic (exact) mass is 449 g/mol. The SMILES string of the molecule is CCOC(=O)N[C@@]1(c2c[nH]c3cc(C)ccc23)C(=O)N(C(=O)OC(C)(C)C)c2ccccc21. The van der Waals surface area contributed by atoms with Crippen molar-refractivity contribution in [3.05, 3.63) is 65.4 Å². The fourth-order valence-electron chi connectivity index (χ4n) is 4.19. The van der Waals surface area contributed by atoms with Crippen molar-refractivity contribution in [1.82, 2.24) is 10.3 Å². The number of aromatic nitrogens is 1. The highest BCUT2D eigenvalue weighted by atomic mass is 16.6. The van der Waals surface area contributed by atoms with Crippen LogP contribution < -0.4 is 10.2 Å². The molecule has 0 saturated carbocycles. The zero-order chi connectivity index (χ0) is 24.0. The van der Waals surface area contributed by atoms with Crippen molar-refractivity contribution in [2.45, 2.75) is 45.8 Å². The summed E-state index contributed by atoms with van der Waals surface area (Å²) in [4.78, 5) is 44.1. The molecule has 0 fully saturated rings. The summed E-state index contributed by atoms with van der Waals surface area (Å²) in [5, 5.41) is 3.52. The van der Waals surface area contributed by atoms with Crippen LogP contribution >= 0.6 is 0 Å². The third-order valence-corrected chi connectivity index (χ3v) is 5.46. The quantitative estimate of drug-likeness (QED) is 0.601. The first kappa shape index (κ1) is 22.4. The molecule has 33 heavy (non-hydrogen) atoms. The fourth-order valence-corrected chi connectivity index (χ4v) is 4.19. The highest BCUT2D eigenvalue weighted by Gasteiger charge is 2.57. The van der Waals surface area contributed by atoms with Gasteiger partial charge in [0, 0.05) is 28.2 Å². The molecule has 1 aliphatic heterocycles. The van der Waals surface area contributed by atoms with Crippen LogP contribution in [0.25, 0.3) is 10.9 Å². The van der Waals surface area contributed by atoms with Crippen molar-refractivity contribution in [3.63, 3.8) is 0 Å². The number of nitrogens with zero attached hydrogens (tertiary/aromatic N) is 1. The largest absolute Gasteiger partial charge is 0.450 e. The average molecular weight is 450 g/mol. The Labute approximate surface area is 191 Å². The summed E-state index contributed by atoms with van der Waals surface area (Å²) < 4.78 is 10.7. The van der Waals surface area contributed by atoms with E-state index in [1.54, 1.807) is 58.2 Å². The summed E-state index contributed by atoms with van der Waals surface area (Å²) >= 11 is 0. The number of anilines is 1. The summed E-state index contributed by atoms with van der Waals surface area (Å²) in [6.45, 7) is 8.95. The Bertz CT molecular complexity index is 1260. The second-order valence-electron chi connectivity index (χ2n) is 8.98. The van der Waals surface area contributed by atoms with E-state index in [4.69, 9.17) is 9.47 Å². The van der Waals surface area contributed by atoms with Crippen molar-refractivity contribution in [3.8, 4) is 0 Å². The molecule has 4 rings (SSSR count). The highest BCUT2D eigenvalue weighted by Crippen LogP contribution is 2.47. The molecule has 8 nitrogen and oxygen atoms in total. The molecule has 0 radical (unpaired) electrons. The van der Waals surface area contributed by atoms with Gasteiger partial charge in [-0.05, 0) is 52.3 Å². The number of benzene rings is 2. The van der Waals surface area contributed by atoms with Crippen LogP contribution in [0.1, 0.15) is 44.4 Å². The number of H-pyrrole nitrogens is 1. The Hall–Kier alpha value is -3.81. The predicted octanol–water partition coefficient (Wildman–Crippen LogP) is 4.75. The Kier molecular flexibility index (Phi) is 5.40. The van der Waals surface area contributed by atoms with Crippen LogP contribution in [0.5, 0.6) is 0 Å². The van der Waals surface area contributed by atoms with Crippen LogP contribution in [0.2, 0.25) is 0 Å². The molecule has 0 aliphatic carbocycles. The first-order valence-electron chi connectivity index (χ1n) is 10.8. The zero-order valence-corrected chi connectivity index (χ0v) is 19.3. The number of para-hydroxylation sites is 1. The maximum absolute atomic E-state index is 14.1. The molecule has 0 spiro atoms. The molecule has 3 amide bonds. The maximum Gasteiger partial charge on any atom is 0.421 e. The Morgan fingerprint density at radius 2 is 1.85 bits per heavy atom. The number of aryl methyl sites for hydroxylation is 1. The number of carbonyl (C=O) groups is 3. The second kappa shape index (κ2) is 7.95. The molecule has 1 aromatic heterocycles. The van der Waals surface area contributed by atoms with Gasteiger partial charge >= 0.3 is 12.2 Å². The minimum absolute atomic E-state index is 0.126. The first-order valence-corrected chi connectivity index (χ1v) is 10.8. The van der Waals surface area contributed by atoms with Gasteiger partial charge in [0.25, 0.3) is 5.91 Å². The molecular weight excluding hydrogens is 422 g/mol. The molecule has 0 bridgehead atoms. The standard InChI is InChI=1S/C25H27N3O5/c1-6-32-22(30)27-25(18-14-26-19-13-15(2)11-12-16(18)19)17-9-7-8-10-20(17)28(21(25)29)23(31)33-24(3,4)5/h7-14,26H,6H2,1-5H3,(H,27,30)/t25-/m0/s1. The average Bonchev–Trinajstić information content (AvgIpc) is 3.24. The molecule has 0 unspecified atom stereocenters. The van der Waals surface area contributed by atoms with Gasteiger partial charge in [-0.2, -0.15) is 0 Å². The summed E-state index contributed by atoms with van der Waals surface area (Å²) in [6.07, 6.45) is 0.0974. The van der Waals surface area contributed by atoms with E-state index < -0.39 is 29.2 Å². The van der Waals surface area contributed by atoms with Gasteiger partial charge in [0.05, 0.1) is 12.3 Å². The molecule has 3 aromatic rings. The van der Waals surface area contributed by atoms with Crippen LogP contribution in [0, 0.1) is 6.92 Å². The van der Waals surface area contributed by atoms with Gasteiger partial charge in [-0.25, -0.2) is 14.5 Å². The van der Waals surface area contributed by atoms with Crippen molar-refractivity contribution in [2.24, 2.45) is 0 Å². The number of rotatable bonds is 3. The summed E-state index contributed by atoms with van der Waals surface area (Å²) in [5.74, 6) is -0.646. The Morgan fingerprint density at radius 1 is 1.12 bits per heavy atom. The number of carbonyl (C=O) groups excluding carboxylic acids is 3. The maximum atomic E-state index is 14.1. The van der Waals surface area contributed by atoms with Crippen molar-refractivity contribution >= 4 is 34.7 Å². The third-order valence-electron chi connectivity index (χ3n) is 5.46. The van der Waals surface area contributed by atoms with Gasteiger partial charge in [0.2, 0.25) is 0 Å². The molecular formula is C25H27N3O5. The number of imide groups is 1. The molecule has 2 heterocycles. The van der Waals surface area contributed by atoms with E-state index in [0.29, 0.717) is 16.8 Å². The van der Waals surface area contributed by atoms with Crippen LogP contribution in [0.3, 0.4) is 0 Å². The zero-order valence-electron chi connectivity index (χ0n) is 19.3. The molecule has 2 N–H and O–H groups in total. The summed E-state index contributed by atoms with van der Waals surface area (Å²) in [7, 11) is 0. The van der Waals surface area contributed by atoms with Crippen LogP contribution in [0.15, 0.2) is 48.7 Å². The molecule has 8 heteroatoms. The topological polar surface area (TPSA) is 101 Å². The lowest BCUT2D eigenvalue weighted by Crippen LogP contribution is -2.55. The highest BCUT2D eigenvalue weighted by molar-refractivity contribution is 6.23. The van der Waals surface area contributed by atoms with E-state index in [1.165, 1.54) is 0 Å². The summed E-state index contributed by atoms with van der Waals surface area (Å²) in [6, 6.07) is 12.6. The number of ether oxygens (including phenoxy) is 2. The van der Waals surface area contributed by atoms with Crippen LogP contribution in [-0.2, 0) is 19.8 Å². The molecule has 1 aliphatic rings. The molecule has 2 aromatic carbocycles.